The molecule has 0 N–H and O–H groups in total. The largest absolute Gasteiger partial charge is 0.468 e. The predicted octanol–water partition coefficient (Wildman–Crippen LogP) is 1.99. The third-order valence-electron chi connectivity index (χ3n) is 2.18. The van der Waals surface area contributed by atoms with Crippen LogP contribution in [0.1, 0.15) is 35.5 Å². The van der Waals surface area contributed by atoms with Gasteiger partial charge in [0.2, 0.25) is 0 Å². The van der Waals surface area contributed by atoms with E-state index in [4.69, 9.17) is 9.15 Å². The van der Waals surface area contributed by atoms with Crippen molar-refractivity contribution in [1.82, 2.24) is 0 Å². The molecule has 64 valence electrons. The van der Waals surface area contributed by atoms with Crippen molar-refractivity contribution in [2.24, 2.45) is 0 Å². The Balaban J connectivity index is 2.67. The quantitative estimate of drug-likeness (QED) is 0.553. The first-order valence-corrected chi connectivity index (χ1v) is 3.84. The van der Waals surface area contributed by atoms with Gasteiger partial charge in [0.25, 0.3) is 0 Å². The van der Waals surface area contributed by atoms with Crippen LogP contribution in [-0.2, 0) is 10.3 Å². The van der Waals surface area contributed by atoms with Crippen molar-refractivity contribution in [3.8, 4) is 0 Å². The fraction of sp³-hybridized carbons (Fsp3) is 0.444. The van der Waals surface area contributed by atoms with Crippen molar-refractivity contribution in [2.45, 2.75) is 26.4 Å². The minimum atomic E-state index is -0.524. The van der Waals surface area contributed by atoms with Gasteiger partial charge >= 0.3 is 5.97 Å². The summed E-state index contributed by atoms with van der Waals surface area (Å²) in [6.45, 7) is 5.47. The lowest BCUT2D eigenvalue weighted by molar-refractivity contribution is 0.00846. The number of cyclic esters (lactones) is 1. The topological polar surface area (TPSA) is 39.4 Å². The maximum atomic E-state index is 11.3. The Labute approximate surface area is 70.3 Å². The van der Waals surface area contributed by atoms with E-state index in [0.717, 1.165) is 5.56 Å². The summed E-state index contributed by atoms with van der Waals surface area (Å²) in [5.74, 6) is 0.363. The van der Waals surface area contributed by atoms with Crippen molar-refractivity contribution in [3.05, 3.63) is 23.2 Å². The third-order valence-corrected chi connectivity index (χ3v) is 2.18. The number of carbonyl (C=O) groups excluding carboxylic acids is 1. The van der Waals surface area contributed by atoms with Crippen molar-refractivity contribution >= 4 is 5.97 Å². The zero-order chi connectivity index (χ0) is 8.93. The van der Waals surface area contributed by atoms with Crippen molar-refractivity contribution in [2.75, 3.05) is 0 Å². The Hall–Kier alpha value is -1.25. The maximum Gasteiger partial charge on any atom is 0.343 e. The number of fused-ring (bicyclic) bond motifs is 1. The molecule has 0 radical (unpaired) electrons. The number of ether oxygens (including phenoxy) is 1. The summed E-state index contributed by atoms with van der Waals surface area (Å²) in [5.41, 5.74) is 0.925. The van der Waals surface area contributed by atoms with E-state index in [1.807, 2.05) is 13.8 Å². The van der Waals surface area contributed by atoms with Gasteiger partial charge in [0, 0.05) is 5.56 Å². The van der Waals surface area contributed by atoms with Gasteiger partial charge in [-0.15, -0.1) is 0 Å². The summed E-state index contributed by atoms with van der Waals surface area (Å²) < 4.78 is 10.3. The Morgan fingerprint density at radius 3 is 2.67 bits per heavy atom. The van der Waals surface area contributed by atoms with Crippen LogP contribution in [0.4, 0.5) is 0 Å². The van der Waals surface area contributed by atoms with E-state index in [1.54, 1.807) is 13.2 Å². The van der Waals surface area contributed by atoms with Gasteiger partial charge in [0.15, 0.2) is 0 Å². The Morgan fingerprint density at radius 2 is 2.08 bits per heavy atom. The predicted molar refractivity (Wildman–Crippen MR) is 41.9 cm³/mol. The number of esters is 1. The minimum absolute atomic E-state index is 0.277. The molecule has 12 heavy (non-hydrogen) atoms. The third kappa shape index (κ3) is 0.734. The lowest BCUT2D eigenvalue weighted by Gasteiger charge is -2.15. The summed E-state index contributed by atoms with van der Waals surface area (Å²) in [6.07, 6.45) is 1.59. The van der Waals surface area contributed by atoms with Gasteiger partial charge in [0.1, 0.15) is 16.9 Å². The molecule has 1 aromatic heterocycles. The van der Waals surface area contributed by atoms with Gasteiger partial charge in [-0.3, -0.25) is 0 Å². The maximum absolute atomic E-state index is 11.3. The Kier molecular flexibility index (Phi) is 1.18. The lowest BCUT2D eigenvalue weighted by Crippen LogP contribution is -2.15. The number of hydrogen-bond donors (Lipinski definition) is 0. The number of aryl methyl sites for hydroxylation is 1. The van der Waals surface area contributed by atoms with Crippen LogP contribution in [0.25, 0.3) is 0 Å². The summed E-state index contributed by atoms with van der Waals surface area (Å²) >= 11 is 0. The highest BCUT2D eigenvalue weighted by atomic mass is 16.6. The minimum Gasteiger partial charge on any atom is -0.468 e. The summed E-state index contributed by atoms with van der Waals surface area (Å²) in [4.78, 5) is 11.3. The number of furan rings is 1. The fourth-order valence-electron chi connectivity index (χ4n) is 1.49. The molecule has 2 heterocycles. The molecule has 0 unspecified atom stereocenters. The van der Waals surface area contributed by atoms with E-state index >= 15 is 0 Å². The molecule has 1 aliphatic rings. The molecule has 3 nitrogen and oxygen atoms in total. The molecule has 0 aromatic carbocycles. The molecule has 0 saturated carbocycles. The summed E-state index contributed by atoms with van der Waals surface area (Å²) in [7, 11) is 0. The summed E-state index contributed by atoms with van der Waals surface area (Å²) in [5, 5.41) is 0. The van der Waals surface area contributed by atoms with Crippen LogP contribution in [0, 0.1) is 6.92 Å². The van der Waals surface area contributed by atoms with Crippen LogP contribution >= 0.6 is 0 Å². The van der Waals surface area contributed by atoms with Crippen LogP contribution < -0.4 is 0 Å². The second kappa shape index (κ2) is 1.91. The van der Waals surface area contributed by atoms with Crippen LogP contribution in [-0.4, -0.2) is 5.97 Å². The average Bonchev–Trinajstić information content (AvgIpc) is 2.38. The van der Waals surface area contributed by atoms with Gasteiger partial charge in [-0.05, 0) is 20.8 Å². The van der Waals surface area contributed by atoms with Crippen LogP contribution in [0.15, 0.2) is 10.7 Å². The molecule has 1 aromatic rings. The van der Waals surface area contributed by atoms with Gasteiger partial charge in [-0.2, -0.15) is 0 Å². The molecule has 0 fully saturated rings. The zero-order valence-electron chi connectivity index (χ0n) is 7.30. The van der Waals surface area contributed by atoms with E-state index in [2.05, 4.69) is 0 Å². The molecule has 0 spiro atoms. The molecular formula is C9H10O3. The average molecular weight is 166 g/mol. The van der Waals surface area contributed by atoms with Gasteiger partial charge < -0.3 is 9.15 Å². The fourth-order valence-corrected chi connectivity index (χ4v) is 1.49. The van der Waals surface area contributed by atoms with Gasteiger partial charge in [-0.1, -0.05) is 0 Å². The Bertz CT molecular complexity index is 347. The van der Waals surface area contributed by atoms with E-state index in [1.165, 1.54) is 0 Å². The SMILES string of the molecule is Cc1occ2c1C(=O)OC2(C)C. The van der Waals surface area contributed by atoms with Gasteiger partial charge in [-0.25, -0.2) is 4.79 Å². The molecule has 1 aliphatic heterocycles. The zero-order valence-corrected chi connectivity index (χ0v) is 7.30. The Morgan fingerprint density at radius 1 is 1.42 bits per heavy atom. The highest BCUT2D eigenvalue weighted by Crippen LogP contribution is 2.38. The monoisotopic (exact) mass is 166 g/mol. The van der Waals surface area contributed by atoms with Gasteiger partial charge in [0.05, 0.1) is 6.26 Å². The second-order valence-electron chi connectivity index (χ2n) is 3.48. The number of hydrogen-bond acceptors (Lipinski definition) is 3. The molecule has 0 saturated heterocycles. The molecule has 0 bridgehead atoms. The molecule has 3 heteroatoms. The smallest absolute Gasteiger partial charge is 0.343 e. The van der Waals surface area contributed by atoms with Crippen molar-refractivity contribution < 1.29 is 13.9 Å². The van der Waals surface area contributed by atoms with Crippen LogP contribution in [0.5, 0.6) is 0 Å². The van der Waals surface area contributed by atoms with E-state index in [0.29, 0.717) is 11.3 Å². The lowest BCUT2D eigenvalue weighted by atomic mass is 10.00. The first kappa shape index (κ1) is 7.40. The second-order valence-corrected chi connectivity index (χ2v) is 3.48. The van der Waals surface area contributed by atoms with Crippen LogP contribution in [0.3, 0.4) is 0 Å². The highest BCUT2D eigenvalue weighted by molar-refractivity contribution is 5.95. The van der Waals surface area contributed by atoms with E-state index in [9.17, 15) is 4.79 Å². The normalized spacial score (nSPS) is 19.1. The van der Waals surface area contributed by atoms with E-state index < -0.39 is 5.60 Å². The molecule has 0 atom stereocenters. The van der Waals surface area contributed by atoms with Crippen molar-refractivity contribution in [1.29, 1.82) is 0 Å². The van der Waals surface area contributed by atoms with Crippen molar-refractivity contribution in [3.63, 3.8) is 0 Å². The molecular weight excluding hydrogens is 156 g/mol. The molecule has 2 rings (SSSR count). The van der Waals surface area contributed by atoms with Crippen LogP contribution in [0.2, 0.25) is 0 Å². The first-order valence-electron chi connectivity index (χ1n) is 3.84. The van der Waals surface area contributed by atoms with E-state index in [-0.39, 0.29) is 5.97 Å². The first-order chi connectivity index (χ1) is 5.52. The number of carbonyl (C=O) groups is 1. The molecule has 0 amide bonds. The highest BCUT2D eigenvalue weighted by Gasteiger charge is 2.40. The number of rotatable bonds is 0. The molecule has 0 aliphatic carbocycles. The summed E-state index contributed by atoms with van der Waals surface area (Å²) in [6, 6.07) is 0. The standard InChI is InChI=1S/C9H10O3/c1-5-7-6(4-11-5)9(2,3)12-8(7)10/h4H,1-3H3.